The molecule has 1 spiro atoms. The summed E-state index contributed by atoms with van der Waals surface area (Å²) in [6, 6.07) is 8.80. The quantitative estimate of drug-likeness (QED) is 0.797. The lowest BCUT2D eigenvalue weighted by Crippen LogP contribution is -2.42. The minimum atomic E-state index is 0.0424. The van der Waals surface area contributed by atoms with Gasteiger partial charge in [0.1, 0.15) is 0 Å². The number of benzene rings is 1. The van der Waals surface area contributed by atoms with Crippen molar-refractivity contribution in [1.82, 2.24) is 10.2 Å². The first-order valence-corrected chi connectivity index (χ1v) is 11.3. The fourth-order valence-corrected chi connectivity index (χ4v) is 5.76. The number of hydrogen-bond donors (Lipinski definition) is 1. The molecule has 142 valence electrons. The first kappa shape index (κ1) is 18.3. The van der Waals surface area contributed by atoms with Gasteiger partial charge in [-0.05, 0) is 36.6 Å². The Morgan fingerprint density at radius 3 is 2.96 bits per heavy atom. The molecule has 3 heterocycles. The Labute approximate surface area is 161 Å². The number of hydrogen-bond acceptors (Lipinski definition) is 4. The molecular formula is C21H30N2O2S. The maximum atomic E-state index is 11.9. The van der Waals surface area contributed by atoms with Crippen molar-refractivity contribution in [3.8, 4) is 0 Å². The number of carbonyl (C=O) groups excluding carboxylic acids is 1. The number of nitrogens with one attached hydrogen (secondary N) is 1. The Balaban J connectivity index is 1.42. The van der Waals surface area contributed by atoms with Crippen LogP contribution in [0.5, 0.6) is 0 Å². The molecule has 4 nitrogen and oxygen atoms in total. The summed E-state index contributed by atoms with van der Waals surface area (Å²) in [4.78, 5) is 14.5. The van der Waals surface area contributed by atoms with Crippen LogP contribution in [-0.4, -0.2) is 54.2 Å². The Hall–Kier alpha value is -1.04. The zero-order valence-electron chi connectivity index (χ0n) is 15.9. The van der Waals surface area contributed by atoms with Crippen LogP contribution in [0.25, 0.3) is 0 Å². The average Bonchev–Trinajstić information content (AvgIpc) is 3.28. The lowest BCUT2D eigenvalue weighted by atomic mass is 9.73. The zero-order chi connectivity index (χ0) is 18.1. The molecule has 3 aliphatic heterocycles. The maximum Gasteiger partial charge on any atom is 0.229 e. The standard InChI is InChI=1S/C21H30N2O2S/c1-3-15-6-4-5-7-16(15)11-23-12-18-17(10-22-20(24)13-26-2)19-8-9-21(18,14-23)25-19/h4-7,17-19H,3,8-14H2,1-2H3,(H,22,24)/t17-,18+,19+,21+/m0/s1. The van der Waals surface area contributed by atoms with E-state index in [4.69, 9.17) is 4.74 Å². The number of ether oxygens (including phenoxy) is 1. The topological polar surface area (TPSA) is 41.6 Å². The van der Waals surface area contributed by atoms with E-state index in [9.17, 15) is 4.79 Å². The van der Waals surface area contributed by atoms with Gasteiger partial charge in [-0.1, -0.05) is 31.2 Å². The number of fused-ring (bicyclic) bond motifs is 1. The van der Waals surface area contributed by atoms with Crippen molar-refractivity contribution in [1.29, 1.82) is 0 Å². The molecule has 2 bridgehead atoms. The van der Waals surface area contributed by atoms with E-state index in [-0.39, 0.29) is 11.5 Å². The molecule has 0 saturated carbocycles. The van der Waals surface area contributed by atoms with E-state index in [2.05, 4.69) is 41.4 Å². The van der Waals surface area contributed by atoms with Crippen LogP contribution in [0, 0.1) is 11.8 Å². The lowest BCUT2D eigenvalue weighted by Gasteiger charge is -2.29. The van der Waals surface area contributed by atoms with Crippen LogP contribution >= 0.6 is 11.8 Å². The van der Waals surface area contributed by atoms with E-state index < -0.39 is 0 Å². The van der Waals surface area contributed by atoms with Gasteiger partial charge in [0.2, 0.25) is 5.91 Å². The van der Waals surface area contributed by atoms with Gasteiger partial charge in [0.25, 0.3) is 0 Å². The highest BCUT2D eigenvalue weighted by molar-refractivity contribution is 7.99. The summed E-state index contributed by atoms with van der Waals surface area (Å²) in [5.74, 6) is 1.74. The number of nitrogens with zero attached hydrogens (tertiary/aromatic N) is 1. The van der Waals surface area contributed by atoms with Crippen molar-refractivity contribution in [2.24, 2.45) is 11.8 Å². The van der Waals surface area contributed by atoms with Crippen molar-refractivity contribution in [3.63, 3.8) is 0 Å². The number of likely N-dealkylation sites (tertiary alicyclic amines) is 1. The number of amides is 1. The molecule has 3 saturated heterocycles. The van der Waals surface area contributed by atoms with E-state index in [1.807, 2.05) is 6.26 Å². The molecule has 26 heavy (non-hydrogen) atoms. The van der Waals surface area contributed by atoms with Gasteiger partial charge in [0.05, 0.1) is 17.5 Å². The summed E-state index contributed by atoms with van der Waals surface area (Å²) in [5.41, 5.74) is 2.94. The van der Waals surface area contributed by atoms with Crippen molar-refractivity contribution >= 4 is 17.7 Å². The fourth-order valence-electron chi connectivity index (χ4n) is 5.39. The molecule has 0 aliphatic carbocycles. The molecule has 5 heteroatoms. The van der Waals surface area contributed by atoms with Crippen LogP contribution < -0.4 is 5.32 Å². The van der Waals surface area contributed by atoms with Gasteiger partial charge in [-0.25, -0.2) is 0 Å². The summed E-state index contributed by atoms with van der Waals surface area (Å²) in [7, 11) is 0. The third kappa shape index (κ3) is 3.30. The first-order chi connectivity index (χ1) is 12.6. The predicted molar refractivity (Wildman–Crippen MR) is 106 cm³/mol. The molecule has 1 aromatic rings. The summed E-state index contributed by atoms with van der Waals surface area (Å²) < 4.78 is 6.52. The fraction of sp³-hybridized carbons (Fsp3) is 0.667. The van der Waals surface area contributed by atoms with Crippen LogP contribution in [0.1, 0.15) is 30.9 Å². The van der Waals surface area contributed by atoms with Crippen molar-refractivity contribution in [2.75, 3.05) is 31.6 Å². The van der Waals surface area contributed by atoms with Crippen LogP contribution in [0.4, 0.5) is 0 Å². The second-order valence-electron chi connectivity index (χ2n) is 8.06. The van der Waals surface area contributed by atoms with Crippen molar-refractivity contribution < 1.29 is 9.53 Å². The highest BCUT2D eigenvalue weighted by atomic mass is 32.2. The second-order valence-corrected chi connectivity index (χ2v) is 8.93. The van der Waals surface area contributed by atoms with E-state index in [1.54, 1.807) is 11.8 Å². The van der Waals surface area contributed by atoms with Crippen LogP contribution in [0.3, 0.4) is 0 Å². The molecule has 4 rings (SSSR count). The van der Waals surface area contributed by atoms with Gasteiger partial charge in [0, 0.05) is 38.0 Å². The monoisotopic (exact) mass is 374 g/mol. The molecule has 0 radical (unpaired) electrons. The Kier molecular flexibility index (Phi) is 5.31. The molecule has 3 fully saturated rings. The summed E-state index contributed by atoms with van der Waals surface area (Å²) in [6.45, 7) is 6.16. The summed E-state index contributed by atoms with van der Waals surface area (Å²) in [6.07, 6.45) is 5.74. The number of thioether (sulfide) groups is 1. The Morgan fingerprint density at radius 2 is 2.19 bits per heavy atom. The minimum Gasteiger partial charge on any atom is -0.370 e. The lowest BCUT2D eigenvalue weighted by molar-refractivity contribution is -0.118. The number of carbonyl (C=O) groups is 1. The van der Waals surface area contributed by atoms with E-state index in [1.165, 1.54) is 17.5 Å². The van der Waals surface area contributed by atoms with E-state index in [0.717, 1.165) is 39.0 Å². The van der Waals surface area contributed by atoms with Crippen LogP contribution in [0.15, 0.2) is 24.3 Å². The molecule has 1 aromatic carbocycles. The summed E-state index contributed by atoms with van der Waals surface area (Å²) in [5, 5.41) is 3.14. The predicted octanol–water partition coefficient (Wildman–Crippen LogP) is 2.71. The number of rotatable bonds is 7. The van der Waals surface area contributed by atoms with Crippen molar-refractivity contribution in [2.45, 2.75) is 44.4 Å². The van der Waals surface area contributed by atoms with Gasteiger partial charge in [-0.2, -0.15) is 11.8 Å². The largest absolute Gasteiger partial charge is 0.370 e. The SMILES string of the molecule is CCc1ccccc1CN1C[C@@H]2[C@H](CNC(=O)CSC)[C@H]3CC[C@]2(C1)O3. The highest BCUT2D eigenvalue weighted by Gasteiger charge is 2.62. The first-order valence-electron chi connectivity index (χ1n) is 9.88. The van der Waals surface area contributed by atoms with Crippen molar-refractivity contribution in [3.05, 3.63) is 35.4 Å². The molecule has 1 amide bonds. The zero-order valence-corrected chi connectivity index (χ0v) is 16.7. The molecule has 1 N–H and O–H groups in total. The molecule has 4 atom stereocenters. The third-order valence-corrected chi connectivity index (χ3v) is 7.11. The Morgan fingerprint density at radius 1 is 1.38 bits per heavy atom. The molecule has 0 aromatic heterocycles. The van der Waals surface area contributed by atoms with Gasteiger partial charge < -0.3 is 10.1 Å². The minimum absolute atomic E-state index is 0.0424. The van der Waals surface area contributed by atoms with Crippen LogP contribution in [0.2, 0.25) is 0 Å². The second kappa shape index (κ2) is 7.53. The third-order valence-electron chi connectivity index (χ3n) is 6.56. The molecule has 3 aliphatic rings. The normalized spacial score (nSPS) is 32.8. The Bertz CT molecular complexity index is 667. The summed E-state index contributed by atoms with van der Waals surface area (Å²) >= 11 is 1.58. The van der Waals surface area contributed by atoms with Crippen LogP contribution in [-0.2, 0) is 22.5 Å². The van der Waals surface area contributed by atoms with E-state index in [0.29, 0.717) is 23.7 Å². The van der Waals surface area contributed by atoms with E-state index >= 15 is 0 Å². The number of aryl methyl sites for hydroxylation is 1. The van der Waals surface area contributed by atoms with Gasteiger partial charge in [-0.3, -0.25) is 9.69 Å². The maximum absolute atomic E-state index is 11.9. The molecular weight excluding hydrogens is 344 g/mol. The smallest absolute Gasteiger partial charge is 0.229 e. The molecule has 0 unspecified atom stereocenters. The van der Waals surface area contributed by atoms with Gasteiger partial charge in [-0.15, -0.1) is 0 Å². The highest BCUT2D eigenvalue weighted by Crippen LogP contribution is 2.54. The van der Waals surface area contributed by atoms with Gasteiger partial charge >= 0.3 is 0 Å². The average molecular weight is 375 g/mol. The van der Waals surface area contributed by atoms with Gasteiger partial charge in [0.15, 0.2) is 0 Å².